The van der Waals surface area contributed by atoms with Crippen LogP contribution >= 0.6 is 34.8 Å². The third kappa shape index (κ3) is 2.74. The van der Waals surface area contributed by atoms with Gasteiger partial charge in [0.05, 0.1) is 21.4 Å². The zero-order chi connectivity index (χ0) is 13.3. The monoisotopic (exact) mass is 304 g/mol. The molecule has 0 fully saturated rings. The summed E-state index contributed by atoms with van der Waals surface area (Å²) in [4.78, 5) is 0. The molecule has 1 heterocycles. The molecule has 1 aromatic carbocycles. The predicted molar refractivity (Wildman–Crippen MR) is 74.8 cm³/mol. The minimum absolute atomic E-state index is 0.485. The van der Waals surface area contributed by atoms with Gasteiger partial charge in [-0.3, -0.25) is 0 Å². The maximum atomic E-state index is 6.08. The van der Waals surface area contributed by atoms with Gasteiger partial charge in [-0.05, 0) is 26.0 Å². The van der Waals surface area contributed by atoms with Crippen molar-refractivity contribution < 1.29 is 4.52 Å². The second kappa shape index (κ2) is 5.39. The van der Waals surface area contributed by atoms with Crippen LogP contribution in [-0.4, -0.2) is 5.16 Å². The molecule has 1 aromatic heterocycles. The van der Waals surface area contributed by atoms with Crippen LogP contribution in [0.4, 0.5) is 5.69 Å². The van der Waals surface area contributed by atoms with E-state index in [4.69, 9.17) is 39.3 Å². The summed E-state index contributed by atoms with van der Waals surface area (Å²) in [6.45, 7) is 4.29. The lowest BCUT2D eigenvalue weighted by Gasteiger charge is -2.10. The molecule has 0 atom stereocenters. The number of nitrogens with one attached hydrogen (secondary N) is 1. The van der Waals surface area contributed by atoms with Crippen LogP contribution in [0.1, 0.15) is 17.0 Å². The molecule has 0 saturated heterocycles. The molecule has 96 valence electrons. The van der Waals surface area contributed by atoms with E-state index in [1.54, 1.807) is 12.1 Å². The van der Waals surface area contributed by atoms with Crippen LogP contribution in [0.2, 0.25) is 15.1 Å². The molecule has 2 aromatic rings. The fourth-order valence-electron chi connectivity index (χ4n) is 1.64. The molecule has 0 unspecified atom stereocenters. The van der Waals surface area contributed by atoms with E-state index in [1.165, 1.54) is 0 Å². The number of anilines is 1. The third-order valence-electron chi connectivity index (χ3n) is 2.63. The Morgan fingerprint density at radius 1 is 1.17 bits per heavy atom. The van der Waals surface area contributed by atoms with Crippen LogP contribution in [-0.2, 0) is 6.54 Å². The van der Waals surface area contributed by atoms with Crippen molar-refractivity contribution in [1.82, 2.24) is 5.16 Å². The van der Waals surface area contributed by atoms with Gasteiger partial charge in [0.2, 0.25) is 0 Å². The van der Waals surface area contributed by atoms with Crippen molar-refractivity contribution >= 4 is 40.5 Å². The molecule has 0 spiro atoms. The van der Waals surface area contributed by atoms with E-state index in [-0.39, 0.29) is 0 Å². The highest BCUT2D eigenvalue weighted by Gasteiger charge is 2.11. The molecule has 2 rings (SSSR count). The molecule has 0 aliphatic heterocycles. The van der Waals surface area contributed by atoms with E-state index < -0.39 is 0 Å². The first-order valence-corrected chi connectivity index (χ1v) is 6.42. The van der Waals surface area contributed by atoms with Gasteiger partial charge in [0, 0.05) is 17.1 Å². The zero-order valence-electron chi connectivity index (χ0n) is 9.85. The van der Waals surface area contributed by atoms with Gasteiger partial charge in [-0.15, -0.1) is 0 Å². The Morgan fingerprint density at radius 2 is 1.78 bits per heavy atom. The number of benzene rings is 1. The quantitative estimate of drug-likeness (QED) is 0.879. The van der Waals surface area contributed by atoms with Gasteiger partial charge in [0.15, 0.2) is 0 Å². The Morgan fingerprint density at radius 3 is 2.28 bits per heavy atom. The lowest BCUT2D eigenvalue weighted by Crippen LogP contribution is -2.02. The number of hydrogen-bond acceptors (Lipinski definition) is 3. The van der Waals surface area contributed by atoms with Crippen molar-refractivity contribution in [2.75, 3.05) is 5.32 Å². The van der Waals surface area contributed by atoms with Crippen molar-refractivity contribution in [3.63, 3.8) is 0 Å². The molecule has 3 nitrogen and oxygen atoms in total. The predicted octanol–water partition coefficient (Wildman–Crippen LogP) is 4.86. The van der Waals surface area contributed by atoms with Crippen molar-refractivity contribution in [1.29, 1.82) is 0 Å². The molecule has 0 radical (unpaired) electrons. The number of halogens is 3. The first-order valence-electron chi connectivity index (χ1n) is 5.29. The van der Waals surface area contributed by atoms with Gasteiger partial charge >= 0.3 is 0 Å². The first kappa shape index (κ1) is 13.5. The van der Waals surface area contributed by atoms with Crippen LogP contribution in [0.5, 0.6) is 0 Å². The maximum Gasteiger partial charge on any atom is 0.138 e. The van der Waals surface area contributed by atoms with Crippen LogP contribution in [0.25, 0.3) is 0 Å². The fourth-order valence-corrected chi connectivity index (χ4v) is 2.59. The normalized spacial score (nSPS) is 10.7. The summed E-state index contributed by atoms with van der Waals surface area (Å²) >= 11 is 18.0. The lowest BCUT2D eigenvalue weighted by atomic mass is 10.2. The van der Waals surface area contributed by atoms with E-state index in [0.717, 1.165) is 17.0 Å². The Labute approximate surface area is 120 Å². The number of aromatic nitrogens is 1. The average molecular weight is 306 g/mol. The minimum Gasteiger partial charge on any atom is -0.378 e. The Bertz CT molecular complexity index is 538. The molecule has 18 heavy (non-hydrogen) atoms. The highest BCUT2D eigenvalue weighted by Crippen LogP contribution is 2.34. The summed E-state index contributed by atoms with van der Waals surface area (Å²) < 4.78 is 5.09. The van der Waals surface area contributed by atoms with Crippen molar-refractivity contribution in [2.45, 2.75) is 20.4 Å². The smallest absolute Gasteiger partial charge is 0.138 e. The molecule has 6 heteroatoms. The van der Waals surface area contributed by atoms with Crippen molar-refractivity contribution in [3.8, 4) is 0 Å². The van der Waals surface area contributed by atoms with E-state index in [2.05, 4.69) is 10.5 Å². The molecule has 0 saturated carbocycles. The minimum atomic E-state index is 0.485. The van der Waals surface area contributed by atoms with E-state index in [1.807, 2.05) is 13.8 Å². The van der Waals surface area contributed by atoms with Gasteiger partial charge in [-0.1, -0.05) is 40.0 Å². The highest BCUT2D eigenvalue weighted by molar-refractivity contribution is 6.41. The van der Waals surface area contributed by atoms with Crippen LogP contribution in [0.3, 0.4) is 0 Å². The third-order valence-corrected chi connectivity index (χ3v) is 3.44. The van der Waals surface area contributed by atoms with Gasteiger partial charge in [0.25, 0.3) is 0 Å². The van der Waals surface area contributed by atoms with Crippen molar-refractivity contribution in [3.05, 3.63) is 44.2 Å². The SMILES string of the molecule is Cc1noc(C)c1CNc1c(Cl)cc(Cl)cc1Cl. The number of nitrogens with zero attached hydrogens (tertiary/aromatic N) is 1. The Hall–Kier alpha value is -0.900. The molecule has 0 aliphatic rings. The van der Waals surface area contributed by atoms with E-state index in [9.17, 15) is 0 Å². The summed E-state index contributed by atoms with van der Waals surface area (Å²) in [7, 11) is 0. The summed E-state index contributed by atoms with van der Waals surface area (Å²) in [5, 5.41) is 8.53. The Balaban J connectivity index is 2.21. The molecule has 0 bridgehead atoms. The average Bonchev–Trinajstić information content (AvgIpc) is 2.58. The summed E-state index contributed by atoms with van der Waals surface area (Å²) in [5.41, 5.74) is 2.50. The van der Waals surface area contributed by atoms with Gasteiger partial charge in [0.1, 0.15) is 5.76 Å². The standard InChI is InChI=1S/C12H11Cl3N2O/c1-6-9(7(2)18-17-6)5-16-12-10(14)3-8(13)4-11(12)15/h3-4,16H,5H2,1-2H3. The number of hydrogen-bond donors (Lipinski definition) is 1. The van der Waals surface area contributed by atoms with Gasteiger partial charge < -0.3 is 9.84 Å². The summed E-state index contributed by atoms with van der Waals surface area (Å²) in [6, 6.07) is 3.29. The molecular formula is C12H11Cl3N2O. The molecular weight excluding hydrogens is 295 g/mol. The zero-order valence-corrected chi connectivity index (χ0v) is 12.1. The molecule has 0 amide bonds. The Kier molecular flexibility index (Phi) is 4.05. The second-order valence-electron chi connectivity index (χ2n) is 3.90. The molecule has 1 N–H and O–H groups in total. The first-order chi connectivity index (χ1) is 8.49. The number of rotatable bonds is 3. The second-order valence-corrected chi connectivity index (χ2v) is 5.15. The number of aryl methyl sites for hydroxylation is 2. The maximum absolute atomic E-state index is 6.08. The van der Waals surface area contributed by atoms with Crippen LogP contribution in [0, 0.1) is 13.8 Å². The van der Waals surface area contributed by atoms with E-state index in [0.29, 0.717) is 27.3 Å². The topological polar surface area (TPSA) is 38.1 Å². The summed E-state index contributed by atoms with van der Waals surface area (Å²) in [5.74, 6) is 0.779. The summed E-state index contributed by atoms with van der Waals surface area (Å²) in [6.07, 6.45) is 0. The van der Waals surface area contributed by atoms with Crippen molar-refractivity contribution in [2.24, 2.45) is 0 Å². The van der Waals surface area contributed by atoms with Crippen LogP contribution in [0.15, 0.2) is 16.7 Å². The van der Waals surface area contributed by atoms with Gasteiger partial charge in [-0.2, -0.15) is 0 Å². The van der Waals surface area contributed by atoms with E-state index >= 15 is 0 Å². The molecule has 0 aliphatic carbocycles. The largest absolute Gasteiger partial charge is 0.378 e. The highest BCUT2D eigenvalue weighted by atomic mass is 35.5. The lowest BCUT2D eigenvalue weighted by molar-refractivity contribution is 0.392. The van der Waals surface area contributed by atoms with Crippen LogP contribution < -0.4 is 5.32 Å². The van der Waals surface area contributed by atoms with Gasteiger partial charge in [-0.25, -0.2) is 0 Å². The fraction of sp³-hybridized carbons (Fsp3) is 0.250.